The van der Waals surface area contributed by atoms with E-state index >= 15 is 0 Å². The highest BCUT2D eigenvalue weighted by molar-refractivity contribution is 5.88. The Hall–Kier alpha value is -2.38. The predicted octanol–water partition coefficient (Wildman–Crippen LogP) is 2.50. The summed E-state index contributed by atoms with van der Waals surface area (Å²) in [5.74, 6) is 3.05. The number of rotatable bonds is 3. The number of ether oxygens (including phenoxy) is 1. The van der Waals surface area contributed by atoms with Crippen molar-refractivity contribution in [2.24, 2.45) is 11.8 Å². The SMILES string of the molecule is COc1ccc(-c2nc(N3CC4CCNCC4C3)nc3[nH]cnc23)cc1.Cl. The Labute approximate surface area is 164 Å². The minimum absolute atomic E-state index is 0. The number of fused-ring (bicyclic) bond motifs is 2. The van der Waals surface area contributed by atoms with Gasteiger partial charge in [0.05, 0.1) is 13.4 Å². The summed E-state index contributed by atoms with van der Waals surface area (Å²) in [5, 5.41) is 3.51. The van der Waals surface area contributed by atoms with E-state index in [1.807, 2.05) is 24.3 Å². The van der Waals surface area contributed by atoms with Gasteiger partial charge in [0.25, 0.3) is 0 Å². The third kappa shape index (κ3) is 3.21. The van der Waals surface area contributed by atoms with Crippen LogP contribution >= 0.6 is 12.4 Å². The number of nitrogens with zero attached hydrogens (tertiary/aromatic N) is 4. The molecule has 0 amide bonds. The molecule has 0 aliphatic carbocycles. The smallest absolute Gasteiger partial charge is 0.228 e. The molecule has 0 bridgehead atoms. The number of aromatic nitrogens is 4. The molecule has 27 heavy (non-hydrogen) atoms. The number of anilines is 1. The van der Waals surface area contributed by atoms with Gasteiger partial charge < -0.3 is 19.9 Å². The van der Waals surface area contributed by atoms with E-state index in [9.17, 15) is 0 Å². The van der Waals surface area contributed by atoms with E-state index in [0.717, 1.165) is 66.2 Å². The average Bonchev–Trinajstić information content (AvgIpc) is 3.33. The normalized spacial score (nSPS) is 21.7. The molecule has 2 aliphatic heterocycles. The Kier molecular flexibility index (Phi) is 4.88. The van der Waals surface area contributed by atoms with Crippen LogP contribution in [0.1, 0.15) is 6.42 Å². The van der Waals surface area contributed by atoms with E-state index in [0.29, 0.717) is 5.92 Å². The number of methoxy groups -OCH3 is 1. The zero-order chi connectivity index (χ0) is 17.5. The van der Waals surface area contributed by atoms with Crippen molar-refractivity contribution in [3.05, 3.63) is 30.6 Å². The molecule has 4 heterocycles. The Morgan fingerprint density at radius 2 is 1.93 bits per heavy atom. The monoisotopic (exact) mass is 386 g/mol. The van der Waals surface area contributed by atoms with Crippen LogP contribution in [0.2, 0.25) is 0 Å². The van der Waals surface area contributed by atoms with Crippen LogP contribution in [0, 0.1) is 11.8 Å². The summed E-state index contributed by atoms with van der Waals surface area (Å²) in [4.78, 5) is 19.6. The number of imidazole rings is 1. The summed E-state index contributed by atoms with van der Waals surface area (Å²) in [6, 6.07) is 7.94. The molecule has 2 N–H and O–H groups in total. The van der Waals surface area contributed by atoms with Gasteiger partial charge in [-0.15, -0.1) is 12.4 Å². The van der Waals surface area contributed by atoms with Gasteiger partial charge in [-0.1, -0.05) is 0 Å². The molecule has 2 atom stereocenters. The quantitative estimate of drug-likeness (QED) is 0.720. The molecule has 0 spiro atoms. The van der Waals surface area contributed by atoms with Crippen molar-refractivity contribution in [3.63, 3.8) is 0 Å². The lowest BCUT2D eigenvalue weighted by molar-refractivity contribution is 0.318. The maximum Gasteiger partial charge on any atom is 0.228 e. The number of nitrogens with one attached hydrogen (secondary N) is 2. The highest BCUT2D eigenvalue weighted by Crippen LogP contribution is 2.33. The van der Waals surface area contributed by atoms with Crippen molar-refractivity contribution in [2.45, 2.75) is 6.42 Å². The summed E-state index contributed by atoms with van der Waals surface area (Å²) in [6.07, 6.45) is 2.92. The van der Waals surface area contributed by atoms with E-state index in [1.54, 1.807) is 13.4 Å². The molecular formula is C19H23ClN6O. The minimum atomic E-state index is 0. The molecule has 2 saturated heterocycles. The van der Waals surface area contributed by atoms with Crippen LogP contribution in [-0.2, 0) is 0 Å². The van der Waals surface area contributed by atoms with E-state index in [4.69, 9.17) is 14.7 Å². The molecule has 3 aromatic rings. The molecule has 2 aromatic heterocycles. The van der Waals surface area contributed by atoms with Crippen molar-refractivity contribution in [1.82, 2.24) is 25.3 Å². The number of aromatic amines is 1. The van der Waals surface area contributed by atoms with Gasteiger partial charge in [-0.2, -0.15) is 4.98 Å². The van der Waals surface area contributed by atoms with Gasteiger partial charge in [0, 0.05) is 18.7 Å². The van der Waals surface area contributed by atoms with E-state index in [1.165, 1.54) is 6.42 Å². The van der Waals surface area contributed by atoms with Crippen molar-refractivity contribution in [3.8, 4) is 17.0 Å². The topological polar surface area (TPSA) is 79.0 Å². The van der Waals surface area contributed by atoms with Gasteiger partial charge in [-0.05, 0) is 55.6 Å². The summed E-state index contributed by atoms with van der Waals surface area (Å²) < 4.78 is 5.27. The number of halogens is 1. The first-order valence-corrected chi connectivity index (χ1v) is 9.13. The highest BCUT2D eigenvalue weighted by Gasteiger charge is 2.35. The van der Waals surface area contributed by atoms with Gasteiger partial charge in [0.15, 0.2) is 5.65 Å². The number of piperidine rings is 1. The summed E-state index contributed by atoms with van der Waals surface area (Å²) >= 11 is 0. The zero-order valence-electron chi connectivity index (χ0n) is 15.2. The van der Waals surface area contributed by atoms with E-state index in [2.05, 4.69) is 20.2 Å². The molecule has 142 valence electrons. The number of H-pyrrole nitrogens is 1. The highest BCUT2D eigenvalue weighted by atomic mass is 35.5. The fourth-order valence-electron chi connectivity index (χ4n) is 4.15. The summed E-state index contributed by atoms with van der Waals surface area (Å²) in [5.41, 5.74) is 3.47. The maximum atomic E-state index is 5.27. The van der Waals surface area contributed by atoms with Gasteiger partial charge in [0.2, 0.25) is 5.95 Å². The molecule has 2 aliphatic rings. The molecule has 0 radical (unpaired) electrons. The van der Waals surface area contributed by atoms with Crippen LogP contribution < -0.4 is 15.0 Å². The maximum absolute atomic E-state index is 5.27. The fourth-order valence-corrected chi connectivity index (χ4v) is 4.15. The van der Waals surface area contributed by atoms with Crippen molar-refractivity contribution in [1.29, 1.82) is 0 Å². The third-order valence-corrected chi connectivity index (χ3v) is 5.59. The van der Waals surface area contributed by atoms with Crippen LogP contribution in [0.25, 0.3) is 22.4 Å². The second kappa shape index (κ2) is 7.32. The number of hydrogen-bond acceptors (Lipinski definition) is 6. The molecular weight excluding hydrogens is 364 g/mol. The van der Waals surface area contributed by atoms with Gasteiger partial charge in [-0.25, -0.2) is 9.97 Å². The number of benzene rings is 1. The Morgan fingerprint density at radius 3 is 2.70 bits per heavy atom. The number of hydrogen-bond donors (Lipinski definition) is 2. The van der Waals surface area contributed by atoms with Crippen molar-refractivity contribution in [2.75, 3.05) is 38.2 Å². The standard InChI is InChI=1S/C19H22N6O.ClH/c1-26-15-4-2-12(3-5-15)16-17-18(22-11-21-17)24-19(23-16)25-9-13-6-7-20-8-14(13)10-25;/h2-5,11,13-14,20H,6-10H2,1H3,(H,21,22,23,24);1H. The molecule has 2 unspecified atom stereocenters. The Morgan fingerprint density at radius 1 is 1.11 bits per heavy atom. The lowest BCUT2D eigenvalue weighted by Gasteiger charge is -2.23. The first-order chi connectivity index (χ1) is 12.8. The lowest BCUT2D eigenvalue weighted by Crippen LogP contribution is -2.35. The van der Waals surface area contributed by atoms with E-state index < -0.39 is 0 Å². The predicted molar refractivity (Wildman–Crippen MR) is 108 cm³/mol. The van der Waals surface area contributed by atoms with Crippen molar-refractivity contribution >= 4 is 29.5 Å². The first kappa shape index (κ1) is 18.0. The molecule has 2 fully saturated rings. The second-order valence-electron chi connectivity index (χ2n) is 7.12. The van der Waals surface area contributed by atoms with Crippen LogP contribution in [-0.4, -0.2) is 53.2 Å². The summed E-state index contributed by atoms with van der Waals surface area (Å²) in [7, 11) is 1.67. The lowest BCUT2D eigenvalue weighted by atomic mass is 9.90. The van der Waals surface area contributed by atoms with Crippen molar-refractivity contribution < 1.29 is 4.74 Å². The Balaban J connectivity index is 0.00000180. The van der Waals surface area contributed by atoms with Crippen LogP contribution in [0.5, 0.6) is 5.75 Å². The third-order valence-electron chi connectivity index (χ3n) is 5.59. The van der Waals surface area contributed by atoms with Gasteiger partial charge in [0.1, 0.15) is 17.0 Å². The van der Waals surface area contributed by atoms with Crippen LogP contribution in [0.3, 0.4) is 0 Å². The summed E-state index contributed by atoms with van der Waals surface area (Å²) in [6.45, 7) is 4.26. The second-order valence-corrected chi connectivity index (χ2v) is 7.12. The van der Waals surface area contributed by atoms with Crippen LogP contribution in [0.15, 0.2) is 30.6 Å². The Bertz CT molecular complexity index is 914. The van der Waals surface area contributed by atoms with Gasteiger partial charge >= 0.3 is 0 Å². The molecule has 0 saturated carbocycles. The van der Waals surface area contributed by atoms with Gasteiger partial charge in [-0.3, -0.25) is 0 Å². The molecule has 8 heteroatoms. The zero-order valence-corrected chi connectivity index (χ0v) is 16.0. The van der Waals surface area contributed by atoms with Crippen LogP contribution in [0.4, 0.5) is 5.95 Å². The first-order valence-electron chi connectivity index (χ1n) is 9.13. The largest absolute Gasteiger partial charge is 0.497 e. The molecule has 7 nitrogen and oxygen atoms in total. The molecule has 5 rings (SSSR count). The molecule has 1 aromatic carbocycles. The van der Waals surface area contributed by atoms with E-state index in [-0.39, 0.29) is 12.4 Å². The fraction of sp³-hybridized carbons (Fsp3) is 0.421. The average molecular weight is 387 g/mol. The minimum Gasteiger partial charge on any atom is -0.497 e.